The van der Waals surface area contributed by atoms with Gasteiger partial charge in [-0.1, -0.05) is 6.42 Å². The van der Waals surface area contributed by atoms with Crippen LogP contribution in [0.25, 0.3) is 0 Å². The van der Waals surface area contributed by atoms with E-state index in [4.69, 9.17) is 14.7 Å². The molecule has 14 heavy (non-hydrogen) atoms. The summed E-state index contributed by atoms with van der Waals surface area (Å²) in [4.78, 5) is 0. The lowest BCUT2D eigenvalue weighted by molar-refractivity contribution is -0.186. The van der Waals surface area contributed by atoms with Crippen LogP contribution in [0.5, 0.6) is 0 Å². The minimum Gasteiger partial charge on any atom is -0.347 e. The van der Waals surface area contributed by atoms with E-state index in [-0.39, 0.29) is 11.9 Å². The molecule has 2 rings (SSSR count). The van der Waals surface area contributed by atoms with Gasteiger partial charge in [0.25, 0.3) is 0 Å². The third kappa shape index (κ3) is 1.99. The second-order valence-corrected chi connectivity index (χ2v) is 4.01. The van der Waals surface area contributed by atoms with Crippen LogP contribution in [0.2, 0.25) is 0 Å². The van der Waals surface area contributed by atoms with E-state index >= 15 is 0 Å². The van der Waals surface area contributed by atoms with Crippen molar-refractivity contribution < 1.29 is 9.47 Å². The van der Waals surface area contributed by atoms with Crippen molar-refractivity contribution in [3.8, 4) is 6.19 Å². The molecule has 1 N–H and O–H groups in total. The minimum atomic E-state index is -0.306. The summed E-state index contributed by atoms with van der Waals surface area (Å²) in [5.74, 6) is -0.306. The van der Waals surface area contributed by atoms with Crippen LogP contribution in [0.1, 0.15) is 32.1 Å². The Hall–Kier alpha value is -0.790. The Morgan fingerprint density at radius 2 is 2.14 bits per heavy atom. The predicted octanol–water partition coefficient (Wildman–Crippen LogP) is 1.13. The van der Waals surface area contributed by atoms with Gasteiger partial charge in [0.1, 0.15) is 6.10 Å². The van der Waals surface area contributed by atoms with Crippen LogP contribution in [0, 0.1) is 11.5 Å². The lowest BCUT2D eigenvalue weighted by Crippen LogP contribution is -2.34. The fraction of sp³-hybridized carbons (Fsp3) is 0.900. The molecule has 0 radical (unpaired) electrons. The first kappa shape index (κ1) is 9.75. The van der Waals surface area contributed by atoms with Crippen molar-refractivity contribution in [2.45, 2.75) is 44.0 Å². The van der Waals surface area contributed by atoms with Crippen LogP contribution < -0.4 is 5.32 Å². The lowest BCUT2D eigenvalue weighted by atomic mass is 9.94. The van der Waals surface area contributed by atoms with Gasteiger partial charge in [0, 0.05) is 12.8 Å². The van der Waals surface area contributed by atoms with Crippen LogP contribution in [0.4, 0.5) is 0 Å². The predicted molar refractivity (Wildman–Crippen MR) is 50.3 cm³/mol. The molecule has 0 aromatic rings. The number of hydrogen-bond acceptors (Lipinski definition) is 4. The highest BCUT2D eigenvalue weighted by atomic mass is 16.7. The zero-order chi connectivity index (χ0) is 9.86. The van der Waals surface area contributed by atoms with Gasteiger partial charge in [-0.25, -0.2) is 0 Å². The summed E-state index contributed by atoms with van der Waals surface area (Å²) in [6.07, 6.45) is 7.64. The fourth-order valence-corrected chi connectivity index (χ4v) is 2.23. The van der Waals surface area contributed by atoms with Crippen molar-refractivity contribution in [3.05, 3.63) is 0 Å². The molecule has 1 spiro atoms. The fourth-order valence-electron chi connectivity index (χ4n) is 2.23. The summed E-state index contributed by atoms with van der Waals surface area (Å²) in [6.45, 7) is 1.19. The highest BCUT2D eigenvalue weighted by molar-refractivity contribution is 4.84. The van der Waals surface area contributed by atoms with Gasteiger partial charge in [0.15, 0.2) is 12.0 Å². The maximum Gasteiger partial charge on any atom is 0.176 e. The number of rotatable bonds is 2. The molecule has 1 saturated carbocycles. The first-order chi connectivity index (χ1) is 6.85. The first-order valence-electron chi connectivity index (χ1n) is 5.28. The molecule has 2 aliphatic rings. The molecule has 0 amide bonds. The number of nitrogens with one attached hydrogen (secondary N) is 1. The molecule has 0 bridgehead atoms. The molecular formula is C10H16N2O2. The van der Waals surface area contributed by atoms with E-state index in [1.54, 1.807) is 0 Å². The van der Waals surface area contributed by atoms with Crippen molar-refractivity contribution in [1.82, 2.24) is 5.32 Å². The molecule has 78 valence electrons. The average Bonchev–Trinajstić information content (AvgIpc) is 2.60. The zero-order valence-corrected chi connectivity index (χ0v) is 8.29. The molecule has 1 aliphatic carbocycles. The topological polar surface area (TPSA) is 54.3 Å². The van der Waals surface area contributed by atoms with Crippen LogP contribution in [-0.2, 0) is 9.47 Å². The maximum atomic E-state index is 8.37. The third-order valence-electron chi connectivity index (χ3n) is 2.94. The number of nitrogens with zero attached hydrogens (tertiary/aromatic N) is 1. The van der Waals surface area contributed by atoms with Gasteiger partial charge in [-0.15, -0.1) is 0 Å². The smallest absolute Gasteiger partial charge is 0.176 e. The Morgan fingerprint density at radius 1 is 1.36 bits per heavy atom. The second-order valence-electron chi connectivity index (χ2n) is 4.01. The summed E-state index contributed by atoms with van der Waals surface area (Å²) >= 11 is 0. The minimum absolute atomic E-state index is 0.0488. The normalized spacial score (nSPS) is 30.1. The molecule has 4 nitrogen and oxygen atoms in total. The standard InChI is InChI=1S/C10H16N2O2/c11-8-12-6-9-7-13-10(14-9)4-2-1-3-5-10/h9,12H,1-7H2. The third-order valence-corrected chi connectivity index (χ3v) is 2.94. The van der Waals surface area contributed by atoms with Gasteiger partial charge >= 0.3 is 0 Å². The average molecular weight is 196 g/mol. The Bertz CT molecular complexity index is 231. The van der Waals surface area contributed by atoms with E-state index in [9.17, 15) is 0 Å². The zero-order valence-electron chi connectivity index (χ0n) is 8.29. The van der Waals surface area contributed by atoms with Crippen molar-refractivity contribution >= 4 is 0 Å². The van der Waals surface area contributed by atoms with Gasteiger partial charge in [-0.05, 0) is 12.8 Å². The monoisotopic (exact) mass is 196 g/mol. The van der Waals surface area contributed by atoms with Gasteiger partial charge in [-0.3, -0.25) is 0 Å². The van der Waals surface area contributed by atoms with Crippen LogP contribution in [0.15, 0.2) is 0 Å². The summed E-state index contributed by atoms with van der Waals surface area (Å²) in [7, 11) is 0. The van der Waals surface area contributed by atoms with Gasteiger partial charge in [-0.2, -0.15) is 5.26 Å². The van der Waals surface area contributed by atoms with Crippen molar-refractivity contribution in [1.29, 1.82) is 5.26 Å². The van der Waals surface area contributed by atoms with Gasteiger partial charge in [0.2, 0.25) is 0 Å². The van der Waals surface area contributed by atoms with E-state index in [0.29, 0.717) is 13.2 Å². The molecule has 1 saturated heterocycles. The molecule has 2 fully saturated rings. The molecule has 1 atom stereocenters. The highest BCUT2D eigenvalue weighted by Gasteiger charge is 2.41. The Labute approximate surface area is 84.2 Å². The quantitative estimate of drug-likeness (QED) is 0.531. The summed E-state index contributed by atoms with van der Waals surface area (Å²) in [5.41, 5.74) is 0. The SMILES string of the molecule is N#CNCC1COC2(CCCCC2)O1. The Balaban J connectivity index is 1.83. The Kier molecular flexibility index (Phi) is 2.90. The van der Waals surface area contributed by atoms with Gasteiger partial charge < -0.3 is 14.8 Å². The summed E-state index contributed by atoms with van der Waals surface area (Å²) in [6, 6.07) is 0. The number of nitriles is 1. The second kappa shape index (κ2) is 4.16. The van der Waals surface area contributed by atoms with Crippen molar-refractivity contribution in [2.24, 2.45) is 0 Å². The summed E-state index contributed by atoms with van der Waals surface area (Å²) < 4.78 is 11.6. The largest absolute Gasteiger partial charge is 0.347 e. The molecule has 4 heteroatoms. The summed E-state index contributed by atoms with van der Waals surface area (Å²) in [5, 5.41) is 11.0. The van der Waals surface area contributed by atoms with E-state index in [2.05, 4.69) is 5.32 Å². The Morgan fingerprint density at radius 3 is 2.86 bits per heavy atom. The van der Waals surface area contributed by atoms with Crippen LogP contribution in [-0.4, -0.2) is 25.0 Å². The number of ether oxygens (including phenoxy) is 2. The molecule has 1 aliphatic heterocycles. The maximum absolute atomic E-state index is 8.37. The molecule has 0 aromatic carbocycles. The van der Waals surface area contributed by atoms with Crippen molar-refractivity contribution in [3.63, 3.8) is 0 Å². The van der Waals surface area contributed by atoms with Crippen LogP contribution in [0.3, 0.4) is 0 Å². The van der Waals surface area contributed by atoms with Crippen LogP contribution >= 0.6 is 0 Å². The van der Waals surface area contributed by atoms with Gasteiger partial charge in [0.05, 0.1) is 13.2 Å². The van der Waals surface area contributed by atoms with E-state index < -0.39 is 0 Å². The number of hydrogen-bond donors (Lipinski definition) is 1. The van der Waals surface area contributed by atoms with Crippen molar-refractivity contribution in [2.75, 3.05) is 13.2 Å². The van der Waals surface area contributed by atoms with E-state index in [1.165, 1.54) is 19.3 Å². The highest BCUT2D eigenvalue weighted by Crippen LogP contribution is 2.37. The molecule has 0 aromatic heterocycles. The molecule has 1 heterocycles. The van der Waals surface area contributed by atoms with E-state index in [0.717, 1.165) is 12.8 Å². The first-order valence-corrected chi connectivity index (χ1v) is 5.28. The lowest BCUT2D eigenvalue weighted by Gasteiger charge is -2.31. The molecule has 1 unspecified atom stereocenters. The molecular weight excluding hydrogens is 180 g/mol. The van der Waals surface area contributed by atoms with E-state index in [1.807, 2.05) is 6.19 Å².